The van der Waals surface area contributed by atoms with Gasteiger partial charge in [-0.05, 0) is 42.7 Å². The summed E-state index contributed by atoms with van der Waals surface area (Å²) in [5, 5.41) is 6.41. The lowest BCUT2D eigenvalue weighted by Crippen LogP contribution is -2.34. The smallest absolute Gasteiger partial charge is 0.246 e. The topological polar surface area (TPSA) is 50.4 Å². The van der Waals surface area contributed by atoms with E-state index < -0.39 is 6.04 Å². The molecule has 2 N–H and O–H groups in total. The highest BCUT2D eigenvalue weighted by Gasteiger charge is 2.20. The van der Waals surface area contributed by atoms with Crippen LogP contribution in [0.1, 0.15) is 22.7 Å². The quantitative estimate of drug-likeness (QED) is 0.610. The summed E-state index contributed by atoms with van der Waals surface area (Å²) in [6, 6.07) is 25.1. The first-order chi connectivity index (χ1) is 13.7. The summed E-state index contributed by atoms with van der Waals surface area (Å²) in [6.07, 6.45) is 0.769. The van der Waals surface area contributed by atoms with Crippen molar-refractivity contribution in [2.75, 3.05) is 19.0 Å². The maximum Gasteiger partial charge on any atom is 0.246 e. The normalized spacial score (nSPS) is 11.6. The highest BCUT2D eigenvalue weighted by Crippen LogP contribution is 2.19. The highest BCUT2D eigenvalue weighted by molar-refractivity contribution is 5.95. The van der Waals surface area contributed by atoms with E-state index in [0.29, 0.717) is 6.54 Å². The fourth-order valence-electron chi connectivity index (χ4n) is 3.12. The summed E-state index contributed by atoms with van der Waals surface area (Å²) in [7, 11) is 1.67. The minimum atomic E-state index is -0.433. The van der Waals surface area contributed by atoms with Crippen molar-refractivity contribution in [3.8, 4) is 5.75 Å². The molecule has 0 unspecified atom stereocenters. The predicted molar refractivity (Wildman–Crippen MR) is 114 cm³/mol. The monoisotopic (exact) mass is 374 g/mol. The summed E-state index contributed by atoms with van der Waals surface area (Å²) in [6.45, 7) is 2.68. The van der Waals surface area contributed by atoms with Crippen LogP contribution in [0.5, 0.6) is 5.75 Å². The van der Waals surface area contributed by atoms with Crippen LogP contribution in [0.3, 0.4) is 0 Å². The minimum absolute atomic E-state index is 0.0740. The molecule has 0 spiro atoms. The van der Waals surface area contributed by atoms with Crippen molar-refractivity contribution >= 4 is 11.6 Å². The predicted octanol–water partition coefficient (Wildman–Crippen LogP) is 4.52. The van der Waals surface area contributed by atoms with Crippen molar-refractivity contribution < 1.29 is 9.53 Å². The van der Waals surface area contributed by atoms with E-state index >= 15 is 0 Å². The second kappa shape index (κ2) is 9.72. The van der Waals surface area contributed by atoms with Crippen LogP contribution in [0.2, 0.25) is 0 Å². The Bertz CT molecular complexity index is 892. The molecule has 0 aliphatic carbocycles. The van der Waals surface area contributed by atoms with Gasteiger partial charge >= 0.3 is 0 Å². The first kappa shape index (κ1) is 19.6. The van der Waals surface area contributed by atoms with Crippen LogP contribution in [-0.2, 0) is 11.2 Å². The van der Waals surface area contributed by atoms with Crippen molar-refractivity contribution in [1.82, 2.24) is 5.32 Å². The number of benzene rings is 3. The van der Waals surface area contributed by atoms with Crippen LogP contribution >= 0.6 is 0 Å². The third-order valence-corrected chi connectivity index (χ3v) is 4.65. The Balaban J connectivity index is 1.70. The maximum absolute atomic E-state index is 13.0. The molecular weight excluding hydrogens is 348 g/mol. The van der Waals surface area contributed by atoms with Crippen LogP contribution < -0.4 is 15.4 Å². The molecule has 0 saturated heterocycles. The summed E-state index contributed by atoms with van der Waals surface area (Å²) in [5.41, 5.74) is 4.01. The number of hydrogen-bond donors (Lipinski definition) is 2. The molecule has 0 bridgehead atoms. The Morgan fingerprint density at radius 2 is 1.61 bits per heavy atom. The van der Waals surface area contributed by atoms with Gasteiger partial charge in [-0.25, -0.2) is 0 Å². The number of para-hydroxylation sites is 1. The zero-order chi connectivity index (χ0) is 19.8. The van der Waals surface area contributed by atoms with E-state index in [9.17, 15) is 4.79 Å². The number of carbonyl (C=O) groups is 1. The minimum Gasteiger partial charge on any atom is -0.496 e. The Kier molecular flexibility index (Phi) is 6.82. The zero-order valence-electron chi connectivity index (χ0n) is 16.3. The molecule has 0 heterocycles. The molecule has 28 heavy (non-hydrogen) atoms. The molecule has 3 aromatic rings. The highest BCUT2D eigenvalue weighted by atomic mass is 16.5. The molecule has 0 fully saturated rings. The van der Waals surface area contributed by atoms with Crippen molar-refractivity contribution in [1.29, 1.82) is 0 Å². The number of carbonyl (C=O) groups excluding carboxylic acids is 1. The first-order valence-electron chi connectivity index (χ1n) is 9.45. The number of ether oxygens (including phenoxy) is 1. The number of anilines is 1. The largest absolute Gasteiger partial charge is 0.496 e. The van der Waals surface area contributed by atoms with E-state index in [4.69, 9.17) is 4.74 Å². The van der Waals surface area contributed by atoms with Crippen molar-refractivity contribution in [3.05, 3.63) is 95.6 Å². The zero-order valence-corrected chi connectivity index (χ0v) is 16.3. The van der Waals surface area contributed by atoms with Crippen LogP contribution in [0, 0.1) is 6.92 Å². The first-order valence-corrected chi connectivity index (χ1v) is 9.45. The van der Waals surface area contributed by atoms with Crippen LogP contribution in [-0.4, -0.2) is 19.6 Å². The number of rotatable bonds is 8. The Hall–Kier alpha value is -3.11. The molecule has 4 heteroatoms. The van der Waals surface area contributed by atoms with E-state index in [-0.39, 0.29) is 5.91 Å². The molecule has 0 aromatic heterocycles. The van der Waals surface area contributed by atoms with Gasteiger partial charge in [0.2, 0.25) is 5.91 Å². The van der Waals surface area contributed by atoms with Gasteiger partial charge in [0.05, 0.1) is 7.11 Å². The molecule has 3 aromatic carbocycles. The average Bonchev–Trinajstić information content (AvgIpc) is 2.73. The maximum atomic E-state index is 13.0. The molecule has 0 radical (unpaired) electrons. The van der Waals surface area contributed by atoms with Gasteiger partial charge in [0.1, 0.15) is 11.8 Å². The standard InChI is InChI=1S/C24H26N2O2/c1-18-12-14-21(15-13-18)26-24(27)23(20-9-4-3-5-10-20)25-17-16-19-8-6-7-11-22(19)28-2/h3-15,23,25H,16-17H2,1-2H3,(H,26,27)/t23-/m1/s1. The third kappa shape index (κ3) is 5.21. The second-order valence-electron chi connectivity index (χ2n) is 6.71. The van der Waals surface area contributed by atoms with E-state index in [1.54, 1.807) is 7.11 Å². The lowest BCUT2D eigenvalue weighted by Gasteiger charge is -2.19. The number of aryl methyl sites for hydroxylation is 1. The van der Waals surface area contributed by atoms with Crippen molar-refractivity contribution in [2.24, 2.45) is 0 Å². The Labute approximate surface area is 166 Å². The lowest BCUT2D eigenvalue weighted by molar-refractivity contribution is -0.118. The van der Waals surface area contributed by atoms with Gasteiger partial charge in [-0.15, -0.1) is 0 Å². The number of hydrogen-bond acceptors (Lipinski definition) is 3. The van der Waals surface area contributed by atoms with Gasteiger partial charge in [-0.1, -0.05) is 66.2 Å². The third-order valence-electron chi connectivity index (χ3n) is 4.65. The van der Waals surface area contributed by atoms with Crippen LogP contribution in [0.25, 0.3) is 0 Å². The van der Waals surface area contributed by atoms with Crippen LogP contribution in [0.15, 0.2) is 78.9 Å². The van der Waals surface area contributed by atoms with Crippen molar-refractivity contribution in [2.45, 2.75) is 19.4 Å². The SMILES string of the molecule is COc1ccccc1CCN[C@@H](C(=O)Nc1ccc(C)cc1)c1ccccc1. The van der Waals surface area contributed by atoms with Crippen LogP contribution in [0.4, 0.5) is 5.69 Å². The Morgan fingerprint density at radius 1 is 0.929 bits per heavy atom. The van der Waals surface area contributed by atoms with Gasteiger partial charge in [0.25, 0.3) is 0 Å². The second-order valence-corrected chi connectivity index (χ2v) is 6.71. The lowest BCUT2D eigenvalue weighted by atomic mass is 10.0. The van der Waals surface area contributed by atoms with E-state index in [0.717, 1.165) is 34.5 Å². The molecular formula is C24H26N2O2. The molecule has 4 nitrogen and oxygen atoms in total. The summed E-state index contributed by atoms with van der Waals surface area (Å²) >= 11 is 0. The van der Waals surface area contributed by atoms with E-state index in [1.807, 2.05) is 85.8 Å². The Morgan fingerprint density at radius 3 is 2.32 bits per heavy atom. The summed E-state index contributed by atoms with van der Waals surface area (Å²) in [4.78, 5) is 13.0. The van der Waals surface area contributed by atoms with Gasteiger partial charge < -0.3 is 15.4 Å². The van der Waals surface area contributed by atoms with Crippen molar-refractivity contribution in [3.63, 3.8) is 0 Å². The molecule has 144 valence electrons. The van der Waals surface area contributed by atoms with E-state index in [1.165, 1.54) is 0 Å². The van der Waals surface area contributed by atoms with Gasteiger partial charge in [-0.2, -0.15) is 0 Å². The molecule has 0 aliphatic rings. The van der Waals surface area contributed by atoms with Gasteiger partial charge in [-0.3, -0.25) is 4.79 Å². The fraction of sp³-hybridized carbons (Fsp3) is 0.208. The summed E-state index contributed by atoms with van der Waals surface area (Å²) < 4.78 is 5.42. The molecule has 3 rings (SSSR count). The fourth-order valence-corrected chi connectivity index (χ4v) is 3.12. The molecule has 0 saturated carbocycles. The number of nitrogens with one attached hydrogen (secondary N) is 2. The number of amides is 1. The van der Waals surface area contributed by atoms with Gasteiger partial charge in [0.15, 0.2) is 0 Å². The van der Waals surface area contributed by atoms with Gasteiger partial charge in [0, 0.05) is 12.2 Å². The molecule has 1 atom stereocenters. The molecule has 1 amide bonds. The van der Waals surface area contributed by atoms with E-state index in [2.05, 4.69) is 10.6 Å². The average molecular weight is 374 g/mol. The molecule has 0 aliphatic heterocycles. The number of methoxy groups -OCH3 is 1. The summed E-state index contributed by atoms with van der Waals surface area (Å²) in [5.74, 6) is 0.791.